The lowest BCUT2D eigenvalue weighted by molar-refractivity contribution is -0.208. The molecule has 0 aliphatic heterocycles. The van der Waals surface area contributed by atoms with Gasteiger partial charge in [0.1, 0.15) is 17.0 Å². The topological polar surface area (TPSA) is 35.5 Å². The van der Waals surface area contributed by atoms with Crippen molar-refractivity contribution >= 4 is 21.9 Å². The van der Waals surface area contributed by atoms with Gasteiger partial charge in [-0.1, -0.05) is 15.9 Å². The first-order valence-corrected chi connectivity index (χ1v) is 9.31. The average Bonchev–Trinajstić information content (AvgIpc) is 2.36. The summed E-state index contributed by atoms with van der Waals surface area (Å²) < 4.78 is 11.7. The Balaban J connectivity index is 1.84. The number of rotatable bonds is 5. The second-order valence-electron chi connectivity index (χ2n) is 8.11. The number of carbonyl (C=O) groups is 1. The highest BCUT2D eigenvalue weighted by Crippen LogP contribution is 2.63. The van der Waals surface area contributed by atoms with Crippen molar-refractivity contribution in [1.29, 1.82) is 0 Å². The van der Waals surface area contributed by atoms with Crippen molar-refractivity contribution in [2.75, 3.05) is 12.4 Å². The second-order valence-corrected chi connectivity index (χ2v) is 8.67. The van der Waals surface area contributed by atoms with Crippen LogP contribution in [0.3, 0.4) is 0 Å². The van der Waals surface area contributed by atoms with E-state index in [9.17, 15) is 4.79 Å². The number of hydrogen-bond donors (Lipinski definition) is 0. The SMILES string of the molecule is COC(C12CC3CC(CC(C3)C1)C2)C(C)(C)OC(=O)CBr. The van der Waals surface area contributed by atoms with E-state index in [4.69, 9.17) is 9.47 Å². The third kappa shape index (κ3) is 2.78. The molecule has 0 radical (unpaired) electrons. The summed E-state index contributed by atoms with van der Waals surface area (Å²) in [4.78, 5) is 11.8. The number of esters is 1. The largest absolute Gasteiger partial charge is 0.456 e. The summed E-state index contributed by atoms with van der Waals surface area (Å²) in [5.41, 5.74) is -0.342. The van der Waals surface area contributed by atoms with Gasteiger partial charge >= 0.3 is 5.97 Å². The van der Waals surface area contributed by atoms with E-state index in [0.717, 1.165) is 17.8 Å². The first kappa shape index (κ1) is 15.8. The second kappa shape index (κ2) is 5.52. The summed E-state index contributed by atoms with van der Waals surface area (Å²) in [6.45, 7) is 4.03. The maximum absolute atomic E-state index is 11.8. The zero-order valence-corrected chi connectivity index (χ0v) is 14.9. The first-order valence-electron chi connectivity index (χ1n) is 8.19. The maximum Gasteiger partial charge on any atom is 0.317 e. The van der Waals surface area contributed by atoms with Crippen LogP contribution in [0.4, 0.5) is 0 Å². The molecule has 4 heteroatoms. The fourth-order valence-electron chi connectivity index (χ4n) is 6.14. The first-order chi connectivity index (χ1) is 9.88. The van der Waals surface area contributed by atoms with E-state index in [0.29, 0.717) is 0 Å². The lowest BCUT2D eigenvalue weighted by Crippen LogP contribution is -2.59. The van der Waals surface area contributed by atoms with Crippen molar-refractivity contribution in [3.63, 3.8) is 0 Å². The highest BCUT2D eigenvalue weighted by atomic mass is 79.9. The molecule has 0 aromatic rings. The molecule has 0 N–H and O–H groups in total. The molecule has 3 nitrogen and oxygen atoms in total. The zero-order valence-electron chi connectivity index (χ0n) is 13.4. The van der Waals surface area contributed by atoms with Crippen LogP contribution in [0, 0.1) is 23.2 Å². The molecule has 0 amide bonds. The molecule has 0 saturated heterocycles. The standard InChI is InChI=1S/C17H27BrO3/c1-16(2,21-14(19)10-18)15(20-3)17-7-11-4-12(8-17)6-13(5-11)9-17/h11-13,15H,4-10H2,1-3H3. The minimum atomic E-state index is -0.564. The van der Waals surface area contributed by atoms with E-state index < -0.39 is 5.60 Å². The molecule has 21 heavy (non-hydrogen) atoms. The Morgan fingerprint density at radius 3 is 2.05 bits per heavy atom. The Labute approximate surface area is 136 Å². The smallest absolute Gasteiger partial charge is 0.317 e. The predicted molar refractivity (Wildman–Crippen MR) is 85.4 cm³/mol. The molecule has 120 valence electrons. The molecule has 4 rings (SSSR count). The van der Waals surface area contributed by atoms with Crippen LogP contribution in [0.25, 0.3) is 0 Å². The molecular weight excluding hydrogens is 332 g/mol. The Kier molecular flexibility index (Phi) is 4.15. The molecular formula is C17H27BrO3. The third-order valence-electron chi connectivity index (χ3n) is 5.99. The summed E-state index contributed by atoms with van der Waals surface area (Å²) in [5, 5.41) is 0.244. The maximum atomic E-state index is 11.8. The lowest BCUT2D eigenvalue weighted by Gasteiger charge is -2.60. The molecule has 0 aromatic heterocycles. The molecule has 0 heterocycles. The average molecular weight is 359 g/mol. The van der Waals surface area contributed by atoms with Crippen LogP contribution in [-0.4, -0.2) is 30.1 Å². The Bertz CT molecular complexity index is 383. The van der Waals surface area contributed by atoms with E-state index >= 15 is 0 Å². The van der Waals surface area contributed by atoms with E-state index in [-0.39, 0.29) is 22.8 Å². The molecule has 4 aliphatic rings. The van der Waals surface area contributed by atoms with Crippen LogP contribution in [0.1, 0.15) is 52.4 Å². The van der Waals surface area contributed by atoms with Gasteiger partial charge in [0.05, 0.1) is 0 Å². The molecule has 4 saturated carbocycles. The van der Waals surface area contributed by atoms with Crippen LogP contribution >= 0.6 is 15.9 Å². The fourth-order valence-corrected chi connectivity index (χ4v) is 6.26. The molecule has 4 bridgehead atoms. The van der Waals surface area contributed by atoms with Gasteiger partial charge in [0.25, 0.3) is 0 Å². The van der Waals surface area contributed by atoms with Gasteiger partial charge in [-0.25, -0.2) is 0 Å². The summed E-state index contributed by atoms with van der Waals surface area (Å²) in [6.07, 6.45) is 8.01. The van der Waals surface area contributed by atoms with Crippen LogP contribution < -0.4 is 0 Å². The summed E-state index contributed by atoms with van der Waals surface area (Å²) >= 11 is 3.19. The molecule has 1 unspecified atom stereocenters. The third-order valence-corrected chi connectivity index (χ3v) is 6.45. The van der Waals surface area contributed by atoms with E-state index in [2.05, 4.69) is 15.9 Å². The van der Waals surface area contributed by atoms with Gasteiger partial charge in [0.2, 0.25) is 0 Å². The Morgan fingerprint density at radius 2 is 1.67 bits per heavy atom. The number of alkyl halides is 1. The van der Waals surface area contributed by atoms with Crippen LogP contribution in [0.15, 0.2) is 0 Å². The number of methoxy groups -OCH3 is 1. The molecule has 1 atom stereocenters. The van der Waals surface area contributed by atoms with Gasteiger partial charge in [-0.2, -0.15) is 0 Å². The van der Waals surface area contributed by atoms with Gasteiger partial charge in [0, 0.05) is 12.5 Å². The number of ether oxygens (including phenoxy) is 2. The van der Waals surface area contributed by atoms with Crippen molar-refractivity contribution in [3.8, 4) is 0 Å². The van der Waals surface area contributed by atoms with Gasteiger partial charge in [-0.15, -0.1) is 0 Å². The van der Waals surface area contributed by atoms with Gasteiger partial charge in [0.15, 0.2) is 0 Å². The molecule has 0 spiro atoms. The van der Waals surface area contributed by atoms with Crippen LogP contribution in [-0.2, 0) is 14.3 Å². The van der Waals surface area contributed by atoms with Gasteiger partial charge < -0.3 is 9.47 Å². The van der Waals surface area contributed by atoms with Crippen molar-refractivity contribution < 1.29 is 14.3 Å². The van der Waals surface area contributed by atoms with Gasteiger partial charge in [-0.3, -0.25) is 4.79 Å². The summed E-state index contributed by atoms with van der Waals surface area (Å²) in [6, 6.07) is 0. The van der Waals surface area contributed by atoms with Crippen molar-refractivity contribution in [2.45, 2.75) is 64.1 Å². The molecule has 4 aliphatic carbocycles. The normalized spacial score (nSPS) is 39.3. The summed E-state index contributed by atoms with van der Waals surface area (Å²) in [7, 11) is 1.78. The number of carbonyl (C=O) groups excluding carboxylic acids is 1. The van der Waals surface area contributed by atoms with E-state index in [1.807, 2.05) is 13.8 Å². The highest BCUT2D eigenvalue weighted by molar-refractivity contribution is 9.09. The van der Waals surface area contributed by atoms with Crippen molar-refractivity contribution in [1.82, 2.24) is 0 Å². The zero-order chi connectivity index (χ0) is 15.3. The quantitative estimate of drug-likeness (QED) is 0.551. The molecule has 0 aromatic carbocycles. The minimum absolute atomic E-state index is 0.00130. The van der Waals surface area contributed by atoms with Crippen molar-refractivity contribution in [3.05, 3.63) is 0 Å². The lowest BCUT2D eigenvalue weighted by atomic mass is 9.47. The van der Waals surface area contributed by atoms with Crippen LogP contribution in [0.2, 0.25) is 0 Å². The Morgan fingerprint density at radius 1 is 1.19 bits per heavy atom. The minimum Gasteiger partial charge on any atom is -0.456 e. The highest BCUT2D eigenvalue weighted by Gasteiger charge is 2.58. The number of halogens is 1. The van der Waals surface area contributed by atoms with Gasteiger partial charge in [-0.05, 0) is 70.1 Å². The Hall–Kier alpha value is -0.0900. The van der Waals surface area contributed by atoms with Crippen LogP contribution in [0.5, 0.6) is 0 Å². The fraction of sp³-hybridized carbons (Fsp3) is 0.941. The predicted octanol–water partition coefficient (Wildman–Crippen LogP) is 3.93. The van der Waals surface area contributed by atoms with E-state index in [1.54, 1.807) is 7.11 Å². The monoisotopic (exact) mass is 358 g/mol. The van der Waals surface area contributed by atoms with Crippen molar-refractivity contribution in [2.24, 2.45) is 23.2 Å². The van der Waals surface area contributed by atoms with E-state index in [1.165, 1.54) is 38.5 Å². The number of hydrogen-bond acceptors (Lipinski definition) is 3. The summed E-state index contributed by atoms with van der Waals surface area (Å²) in [5.74, 6) is 2.41. The molecule has 4 fully saturated rings.